The molecule has 0 radical (unpaired) electrons. The van der Waals surface area contributed by atoms with Crippen molar-refractivity contribution in [2.45, 2.75) is 0 Å². The van der Waals surface area contributed by atoms with Gasteiger partial charge in [-0.2, -0.15) is 5.26 Å². The van der Waals surface area contributed by atoms with E-state index in [4.69, 9.17) is 6.57 Å². The fourth-order valence-electron chi connectivity index (χ4n) is 8.10. The third-order valence-corrected chi connectivity index (χ3v) is 10.6. The molecule has 0 atom stereocenters. The van der Waals surface area contributed by atoms with Gasteiger partial charge in [-0.25, -0.2) is 4.85 Å². The molecule has 8 aromatic carbocycles. The molecule has 2 heterocycles. The molecule has 0 N–H and O–H groups in total. The highest BCUT2D eigenvalue weighted by Gasteiger charge is 2.19. The maximum Gasteiger partial charge on any atom is 0.197 e. The Hall–Kier alpha value is -7.66. The lowest BCUT2D eigenvalue weighted by Gasteiger charge is -2.14. The Morgan fingerprint density at radius 3 is 1.39 bits per heavy atom. The summed E-state index contributed by atoms with van der Waals surface area (Å²) in [5, 5.41) is 15.2. The Kier molecular flexibility index (Phi) is 7.22. The quantitative estimate of drug-likeness (QED) is 0.166. The van der Waals surface area contributed by atoms with E-state index in [1.807, 2.05) is 36.4 Å². The predicted octanol–water partition coefficient (Wildman–Crippen LogP) is 13.3. The number of benzene rings is 8. The summed E-state index contributed by atoms with van der Waals surface area (Å²) in [6.45, 7) is 8.31. The minimum Gasteiger partial charge on any atom is -0.310 e. The molecular formula is C50H30N4. The average molecular weight is 687 g/mol. The van der Waals surface area contributed by atoms with Crippen molar-refractivity contribution < 1.29 is 0 Å². The Bertz CT molecular complexity index is 2950. The molecule has 4 heteroatoms. The summed E-state index contributed by atoms with van der Waals surface area (Å²) in [6, 6.07) is 65.3. The van der Waals surface area contributed by atoms with Gasteiger partial charge >= 0.3 is 0 Å². The minimum absolute atomic E-state index is 0.492. The van der Waals surface area contributed by atoms with Crippen LogP contribution in [0.3, 0.4) is 0 Å². The van der Waals surface area contributed by atoms with E-state index in [1.165, 1.54) is 0 Å². The van der Waals surface area contributed by atoms with Crippen molar-refractivity contribution in [3.8, 4) is 50.8 Å². The van der Waals surface area contributed by atoms with Gasteiger partial charge in [-0.15, -0.1) is 0 Å². The topological polar surface area (TPSA) is 38.0 Å². The van der Waals surface area contributed by atoms with Crippen LogP contribution in [0.5, 0.6) is 0 Å². The normalized spacial score (nSPS) is 11.3. The number of rotatable bonds is 5. The van der Waals surface area contributed by atoms with Gasteiger partial charge in [-0.3, -0.25) is 0 Å². The van der Waals surface area contributed by atoms with E-state index in [2.05, 4.69) is 166 Å². The summed E-state index contributed by atoms with van der Waals surface area (Å²) >= 11 is 0. The van der Waals surface area contributed by atoms with Crippen molar-refractivity contribution in [3.63, 3.8) is 0 Å². The molecule has 4 nitrogen and oxygen atoms in total. The molecule has 0 saturated heterocycles. The zero-order chi connectivity index (χ0) is 36.2. The van der Waals surface area contributed by atoms with Crippen LogP contribution in [0.25, 0.3) is 93.2 Å². The molecule has 0 unspecified atom stereocenters. The lowest BCUT2D eigenvalue weighted by atomic mass is 9.97. The standard InChI is InChI=1S/C50H30N4/c1-52-46-31-39(54-48-19-11-9-17-43(48)45-25-21-36(30-50(45)54)34-14-6-3-7-15-34)23-27-41(46)40-26-22-38(28-37(40)32-51)53-47-18-10-8-16-42(47)44-24-20-35(29-49(44)53)33-12-4-2-5-13-33/h2-31H. The van der Waals surface area contributed by atoms with Gasteiger partial charge in [0.2, 0.25) is 0 Å². The molecule has 0 spiro atoms. The molecule has 0 aliphatic carbocycles. The molecule has 0 aliphatic rings. The second-order valence-corrected chi connectivity index (χ2v) is 13.6. The molecule has 0 amide bonds. The fraction of sp³-hybridized carbons (Fsp3) is 0. The van der Waals surface area contributed by atoms with Crippen molar-refractivity contribution >= 4 is 49.3 Å². The van der Waals surface area contributed by atoms with Gasteiger partial charge < -0.3 is 9.13 Å². The van der Waals surface area contributed by atoms with Crippen molar-refractivity contribution in [2.24, 2.45) is 0 Å². The minimum atomic E-state index is 0.492. The first-order valence-corrected chi connectivity index (χ1v) is 17.9. The largest absolute Gasteiger partial charge is 0.310 e. The Morgan fingerprint density at radius 1 is 0.407 bits per heavy atom. The lowest BCUT2D eigenvalue weighted by Crippen LogP contribution is -1.97. The number of fused-ring (bicyclic) bond motifs is 6. The van der Waals surface area contributed by atoms with Crippen molar-refractivity contribution in [2.75, 3.05) is 0 Å². The van der Waals surface area contributed by atoms with Crippen LogP contribution < -0.4 is 0 Å². The van der Waals surface area contributed by atoms with Crippen LogP contribution in [0.4, 0.5) is 5.69 Å². The number of para-hydroxylation sites is 2. The Labute approximate surface area is 312 Å². The fourth-order valence-corrected chi connectivity index (χ4v) is 8.10. The maximum absolute atomic E-state index is 10.6. The van der Waals surface area contributed by atoms with E-state index in [-0.39, 0.29) is 0 Å². The Morgan fingerprint density at radius 2 is 0.870 bits per heavy atom. The molecule has 250 valence electrons. The first-order chi connectivity index (χ1) is 26.7. The number of nitriles is 1. The van der Waals surface area contributed by atoms with E-state index >= 15 is 0 Å². The van der Waals surface area contributed by atoms with E-state index < -0.39 is 0 Å². The van der Waals surface area contributed by atoms with E-state index in [1.54, 1.807) is 0 Å². The molecule has 10 rings (SSSR count). The molecule has 0 fully saturated rings. The van der Waals surface area contributed by atoms with Crippen LogP contribution in [0.2, 0.25) is 0 Å². The molecule has 0 saturated carbocycles. The van der Waals surface area contributed by atoms with Gasteiger partial charge in [0.1, 0.15) is 0 Å². The zero-order valence-corrected chi connectivity index (χ0v) is 29.1. The zero-order valence-electron chi connectivity index (χ0n) is 29.1. The Balaban J connectivity index is 1.12. The highest BCUT2D eigenvalue weighted by molar-refractivity contribution is 6.11. The van der Waals surface area contributed by atoms with Crippen LogP contribution in [0, 0.1) is 17.9 Å². The summed E-state index contributed by atoms with van der Waals surface area (Å²) < 4.78 is 4.49. The average Bonchev–Trinajstić information content (AvgIpc) is 3.76. The highest BCUT2D eigenvalue weighted by Crippen LogP contribution is 2.41. The van der Waals surface area contributed by atoms with Crippen LogP contribution in [-0.4, -0.2) is 9.13 Å². The summed E-state index contributed by atoms with van der Waals surface area (Å²) in [7, 11) is 0. The summed E-state index contributed by atoms with van der Waals surface area (Å²) in [5.41, 5.74) is 13.1. The second kappa shape index (κ2) is 12.5. The third-order valence-electron chi connectivity index (χ3n) is 10.6. The predicted molar refractivity (Wildman–Crippen MR) is 222 cm³/mol. The number of hydrogen-bond donors (Lipinski definition) is 0. The summed E-state index contributed by atoms with van der Waals surface area (Å²) in [4.78, 5) is 4.03. The second-order valence-electron chi connectivity index (χ2n) is 13.6. The first kappa shape index (κ1) is 31.1. The lowest BCUT2D eigenvalue weighted by molar-refractivity contribution is 1.17. The number of nitrogens with zero attached hydrogens (tertiary/aromatic N) is 4. The first-order valence-electron chi connectivity index (χ1n) is 17.9. The maximum atomic E-state index is 10.6. The number of hydrogen-bond acceptors (Lipinski definition) is 1. The molecule has 0 aliphatic heterocycles. The van der Waals surface area contributed by atoms with Crippen molar-refractivity contribution in [1.82, 2.24) is 9.13 Å². The van der Waals surface area contributed by atoms with Gasteiger partial charge in [0, 0.05) is 32.9 Å². The van der Waals surface area contributed by atoms with E-state index in [0.29, 0.717) is 11.3 Å². The van der Waals surface area contributed by atoms with Gasteiger partial charge in [0.15, 0.2) is 5.69 Å². The van der Waals surface area contributed by atoms with Gasteiger partial charge in [0.25, 0.3) is 0 Å². The summed E-state index contributed by atoms with van der Waals surface area (Å²) in [5.74, 6) is 0. The van der Waals surface area contributed by atoms with Crippen LogP contribution in [0.1, 0.15) is 5.56 Å². The molecule has 10 aromatic rings. The van der Waals surface area contributed by atoms with Gasteiger partial charge in [-0.1, -0.05) is 133 Å². The van der Waals surface area contributed by atoms with Gasteiger partial charge in [0.05, 0.1) is 40.3 Å². The van der Waals surface area contributed by atoms with Crippen LogP contribution in [0.15, 0.2) is 182 Å². The molecule has 54 heavy (non-hydrogen) atoms. The molecule has 0 bridgehead atoms. The summed E-state index contributed by atoms with van der Waals surface area (Å²) in [6.07, 6.45) is 0. The third kappa shape index (κ3) is 4.90. The van der Waals surface area contributed by atoms with Crippen molar-refractivity contribution in [3.05, 3.63) is 199 Å². The molecular weight excluding hydrogens is 657 g/mol. The molecule has 2 aromatic heterocycles. The van der Waals surface area contributed by atoms with Gasteiger partial charge in [-0.05, 0) is 81.9 Å². The van der Waals surface area contributed by atoms with E-state index in [9.17, 15) is 5.26 Å². The number of aromatic nitrogens is 2. The van der Waals surface area contributed by atoms with Crippen LogP contribution in [-0.2, 0) is 0 Å². The van der Waals surface area contributed by atoms with E-state index in [0.717, 1.165) is 88.4 Å². The monoisotopic (exact) mass is 686 g/mol. The van der Waals surface area contributed by atoms with Crippen LogP contribution >= 0.6 is 0 Å². The van der Waals surface area contributed by atoms with Crippen molar-refractivity contribution in [1.29, 1.82) is 5.26 Å². The highest BCUT2D eigenvalue weighted by atomic mass is 15.0. The smallest absolute Gasteiger partial charge is 0.197 e. The SMILES string of the molecule is [C-]#[N+]c1cc(-n2c3ccccc3c3ccc(-c4ccccc4)cc32)ccc1-c1ccc(-n2c3ccccc3c3ccc(-c4ccccc4)cc32)cc1C#N.